The van der Waals surface area contributed by atoms with E-state index in [0.717, 1.165) is 5.69 Å². The fourth-order valence-electron chi connectivity index (χ4n) is 3.96. The van der Waals surface area contributed by atoms with E-state index in [1.54, 1.807) is 17.5 Å². The summed E-state index contributed by atoms with van der Waals surface area (Å²) in [5, 5.41) is 5.53. The number of para-hydroxylation sites is 1. The fourth-order valence-corrected chi connectivity index (χ4v) is 4.94. The van der Waals surface area contributed by atoms with E-state index in [9.17, 15) is 14.4 Å². The van der Waals surface area contributed by atoms with E-state index >= 15 is 0 Å². The van der Waals surface area contributed by atoms with Crippen LogP contribution in [0.15, 0.2) is 52.5 Å². The lowest BCUT2D eigenvalue weighted by molar-refractivity contribution is -0.130. The van der Waals surface area contributed by atoms with Crippen molar-refractivity contribution in [2.45, 2.75) is 6.42 Å². The van der Waals surface area contributed by atoms with E-state index in [0.29, 0.717) is 42.0 Å². The monoisotopic (exact) mass is 545 g/mol. The smallest absolute Gasteiger partial charge is 0.290 e. The number of methoxy groups -OCH3 is 1. The number of thiazole rings is 1. The van der Waals surface area contributed by atoms with E-state index in [-0.39, 0.29) is 37.8 Å². The summed E-state index contributed by atoms with van der Waals surface area (Å²) < 4.78 is 10.2. The molecule has 1 saturated heterocycles. The second-order valence-corrected chi connectivity index (χ2v) is 9.65. The highest BCUT2D eigenvalue weighted by atomic mass is 35.5. The number of benzene rings is 1. The largest absolute Gasteiger partial charge is 0.459 e. The topological polar surface area (TPSA) is 108 Å². The molecule has 0 aliphatic carbocycles. The fraction of sp³-hybridized carbons (Fsp3) is 0.360. The molecule has 0 unspecified atom stereocenters. The first-order valence-corrected chi connectivity index (χ1v) is 13.0. The zero-order valence-corrected chi connectivity index (χ0v) is 22.0. The van der Waals surface area contributed by atoms with Gasteiger partial charge in [0, 0.05) is 45.2 Å². The van der Waals surface area contributed by atoms with Gasteiger partial charge in [-0.1, -0.05) is 23.7 Å². The number of hydrogen-bond acceptors (Lipinski definition) is 8. The molecule has 0 atom stereocenters. The summed E-state index contributed by atoms with van der Waals surface area (Å²) >= 11 is 7.54. The minimum absolute atomic E-state index is 0.0169. The molecule has 0 bridgehead atoms. The van der Waals surface area contributed by atoms with E-state index in [2.05, 4.69) is 15.2 Å². The van der Waals surface area contributed by atoms with Crippen molar-refractivity contribution < 1.29 is 23.5 Å². The number of hydrogen-bond donors (Lipinski definition) is 1. The summed E-state index contributed by atoms with van der Waals surface area (Å²) in [6.07, 6.45) is 1.55. The maximum Gasteiger partial charge on any atom is 0.290 e. The van der Waals surface area contributed by atoms with Crippen LogP contribution in [-0.4, -0.2) is 85.5 Å². The average molecular weight is 546 g/mol. The summed E-state index contributed by atoms with van der Waals surface area (Å²) in [6.45, 7) is 2.90. The number of carbonyl (C=O) groups excluding carboxylic acids is 3. The number of aromatic nitrogens is 1. The molecule has 0 radical (unpaired) electrons. The molecule has 3 heterocycles. The minimum Gasteiger partial charge on any atom is -0.459 e. The van der Waals surface area contributed by atoms with Crippen molar-refractivity contribution in [1.29, 1.82) is 0 Å². The molecule has 3 amide bonds. The number of furan rings is 1. The van der Waals surface area contributed by atoms with Crippen LogP contribution in [0.25, 0.3) is 0 Å². The quantitative estimate of drug-likeness (QED) is 0.417. The Morgan fingerprint density at radius 1 is 1.16 bits per heavy atom. The Labute approximate surface area is 223 Å². The third-order valence-corrected chi connectivity index (χ3v) is 7.00. The van der Waals surface area contributed by atoms with Gasteiger partial charge in [-0.25, -0.2) is 4.98 Å². The highest BCUT2D eigenvalue weighted by molar-refractivity contribution is 7.13. The average Bonchev–Trinajstić information content (AvgIpc) is 3.59. The Balaban J connectivity index is 1.27. The minimum atomic E-state index is -0.405. The van der Waals surface area contributed by atoms with Gasteiger partial charge in [0.25, 0.3) is 5.91 Å². The predicted octanol–water partition coefficient (Wildman–Crippen LogP) is 3.01. The van der Waals surface area contributed by atoms with Crippen LogP contribution in [0.1, 0.15) is 16.2 Å². The molecule has 2 aromatic heterocycles. The van der Waals surface area contributed by atoms with Gasteiger partial charge in [0.2, 0.25) is 11.8 Å². The Bertz CT molecular complexity index is 1210. The molecule has 12 heteroatoms. The van der Waals surface area contributed by atoms with Crippen molar-refractivity contribution in [3.8, 4) is 0 Å². The second-order valence-electron chi connectivity index (χ2n) is 8.39. The highest BCUT2D eigenvalue weighted by Gasteiger charge is 2.24. The molecule has 0 saturated carbocycles. The van der Waals surface area contributed by atoms with Crippen molar-refractivity contribution in [1.82, 2.24) is 14.8 Å². The number of halogens is 1. The van der Waals surface area contributed by atoms with Gasteiger partial charge in [-0.3, -0.25) is 14.4 Å². The maximum atomic E-state index is 12.8. The predicted molar refractivity (Wildman–Crippen MR) is 141 cm³/mol. The first-order valence-electron chi connectivity index (χ1n) is 11.8. The van der Waals surface area contributed by atoms with Crippen LogP contribution in [0.3, 0.4) is 0 Å². The van der Waals surface area contributed by atoms with Gasteiger partial charge < -0.3 is 29.2 Å². The number of piperazine rings is 1. The van der Waals surface area contributed by atoms with Crippen molar-refractivity contribution in [2.24, 2.45) is 0 Å². The number of rotatable bonds is 10. The molecule has 0 spiro atoms. The maximum absolute atomic E-state index is 12.8. The zero-order chi connectivity index (χ0) is 26.2. The number of ether oxygens (including phenoxy) is 1. The molecule has 3 aromatic rings. The normalized spacial score (nSPS) is 13.5. The lowest BCUT2D eigenvalue weighted by Gasteiger charge is -2.36. The van der Waals surface area contributed by atoms with Gasteiger partial charge in [-0.05, 0) is 24.3 Å². The van der Waals surface area contributed by atoms with Crippen molar-refractivity contribution >= 4 is 51.5 Å². The third kappa shape index (κ3) is 7.09. The number of nitrogens with one attached hydrogen (secondary N) is 1. The Morgan fingerprint density at radius 2 is 1.95 bits per heavy atom. The number of anilines is 2. The standard InChI is InChI=1S/C25H28ClN5O5S/c1-35-14-12-31(24(34)21-7-4-13-36-21)16-22(32)28-25-27-18(17-37-25)15-23(33)30-10-8-29(9-11-30)20-6-3-2-5-19(20)26/h2-7,13,17H,8-12,14-16H2,1H3,(H,27,28,32). The van der Waals surface area contributed by atoms with Gasteiger partial charge in [0.1, 0.15) is 6.54 Å². The van der Waals surface area contributed by atoms with Crippen LogP contribution in [0.4, 0.5) is 10.8 Å². The van der Waals surface area contributed by atoms with Gasteiger partial charge in [-0.2, -0.15) is 0 Å². The molecule has 1 aliphatic heterocycles. The summed E-state index contributed by atoms with van der Waals surface area (Å²) in [5.41, 5.74) is 1.56. The highest BCUT2D eigenvalue weighted by Crippen LogP contribution is 2.26. The van der Waals surface area contributed by atoms with Gasteiger partial charge >= 0.3 is 0 Å². The first-order chi connectivity index (χ1) is 17.9. The van der Waals surface area contributed by atoms with E-state index in [1.807, 2.05) is 29.2 Å². The molecule has 1 aromatic carbocycles. The van der Waals surface area contributed by atoms with Crippen LogP contribution in [-0.2, 0) is 20.7 Å². The molecule has 37 heavy (non-hydrogen) atoms. The molecular weight excluding hydrogens is 518 g/mol. The number of carbonyl (C=O) groups is 3. The van der Waals surface area contributed by atoms with Crippen LogP contribution < -0.4 is 10.2 Å². The summed E-state index contributed by atoms with van der Waals surface area (Å²) in [5.74, 6) is -0.681. The molecule has 1 fully saturated rings. The molecule has 10 nitrogen and oxygen atoms in total. The van der Waals surface area contributed by atoms with E-state index < -0.39 is 11.8 Å². The van der Waals surface area contributed by atoms with Gasteiger partial charge in [0.05, 0.1) is 35.7 Å². The zero-order valence-electron chi connectivity index (χ0n) is 20.4. The van der Waals surface area contributed by atoms with Crippen molar-refractivity contribution in [2.75, 3.05) is 63.2 Å². The summed E-state index contributed by atoms with van der Waals surface area (Å²) in [6, 6.07) is 10.8. The Hall–Kier alpha value is -3.41. The molecule has 1 aliphatic rings. The van der Waals surface area contributed by atoms with E-state index in [4.69, 9.17) is 20.8 Å². The molecule has 1 N–H and O–H groups in total. The lowest BCUT2D eigenvalue weighted by atomic mass is 10.2. The summed E-state index contributed by atoms with van der Waals surface area (Å²) in [4.78, 5) is 47.8. The van der Waals surface area contributed by atoms with Crippen LogP contribution in [0.2, 0.25) is 5.02 Å². The van der Waals surface area contributed by atoms with E-state index in [1.165, 1.54) is 29.6 Å². The SMILES string of the molecule is COCCN(CC(=O)Nc1nc(CC(=O)N2CCN(c3ccccc3Cl)CC2)cs1)C(=O)c1ccco1. The summed E-state index contributed by atoms with van der Waals surface area (Å²) in [7, 11) is 1.52. The lowest BCUT2D eigenvalue weighted by Crippen LogP contribution is -2.49. The van der Waals surface area contributed by atoms with Gasteiger partial charge in [-0.15, -0.1) is 11.3 Å². The van der Waals surface area contributed by atoms with Crippen molar-refractivity contribution in [3.05, 3.63) is 64.5 Å². The molecule has 196 valence electrons. The third-order valence-electron chi connectivity index (χ3n) is 5.87. The second kappa shape index (κ2) is 12.7. The first kappa shape index (κ1) is 26.6. The van der Waals surface area contributed by atoms with Gasteiger partial charge in [0.15, 0.2) is 10.9 Å². The Kier molecular flexibility index (Phi) is 9.15. The number of nitrogens with zero attached hydrogens (tertiary/aromatic N) is 4. The molecule has 4 rings (SSSR count). The van der Waals surface area contributed by atoms with Crippen LogP contribution >= 0.6 is 22.9 Å². The molecular formula is C25H28ClN5O5S. The van der Waals surface area contributed by atoms with Crippen LogP contribution in [0, 0.1) is 0 Å². The Morgan fingerprint density at radius 3 is 2.65 bits per heavy atom. The van der Waals surface area contributed by atoms with Crippen LogP contribution in [0.5, 0.6) is 0 Å². The number of amides is 3. The van der Waals surface area contributed by atoms with Crippen molar-refractivity contribution in [3.63, 3.8) is 0 Å².